The maximum atomic E-state index is 13.0. The number of urea groups is 1. The fourth-order valence-electron chi connectivity index (χ4n) is 4.11. The second-order valence-corrected chi connectivity index (χ2v) is 8.02. The van der Waals surface area contributed by atoms with E-state index in [0.717, 1.165) is 10.9 Å². The Morgan fingerprint density at radius 2 is 1.88 bits per heavy atom. The number of carbonyl (C=O) groups excluding carboxylic acids is 2. The van der Waals surface area contributed by atoms with E-state index in [0.29, 0.717) is 29.1 Å². The first-order chi connectivity index (χ1) is 16.5. The van der Waals surface area contributed by atoms with Gasteiger partial charge in [0.25, 0.3) is 5.91 Å². The molecule has 1 atom stereocenters. The number of imide groups is 1. The highest BCUT2D eigenvalue weighted by Gasteiger charge is 2.48. The van der Waals surface area contributed by atoms with Gasteiger partial charge in [0.15, 0.2) is 11.4 Å². The van der Waals surface area contributed by atoms with Crippen LogP contribution in [0.2, 0.25) is 0 Å². The number of pyridine rings is 1. The summed E-state index contributed by atoms with van der Waals surface area (Å²) in [7, 11) is 1.55. The molecule has 1 saturated heterocycles. The second kappa shape index (κ2) is 8.43. The second-order valence-electron chi connectivity index (χ2n) is 8.02. The summed E-state index contributed by atoms with van der Waals surface area (Å²) in [6, 6.07) is 15.4. The van der Waals surface area contributed by atoms with Crippen LogP contribution in [0.1, 0.15) is 11.1 Å². The van der Waals surface area contributed by atoms with Gasteiger partial charge in [-0.1, -0.05) is 18.2 Å². The molecular formula is C25H22N4O5. The molecule has 3 N–H and O–H groups in total. The molecule has 2 aromatic carbocycles. The number of rotatable bonds is 7. The van der Waals surface area contributed by atoms with E-state index < -0.39 is 17.5 Å². The molecule has 0 radical (unpaired) electrons. The van der Waals surface area contributed by atoms with Gasteiger partial charge in [-0.15, -0.1) is 0 Å². The molecule has 0 unspecified atom stereocenters. The van der Waals surface area contributed by atoms with Crippen LogP contribution in [0.15, 0.2) is 73.2 Å². The molecule has 0 saturated carbocycles. The van der Waals surface area contributed by atoms with Crippen LogP contribution in [0, 0.1) is 0 Å². The third-order valence-corrected chi connectivity index (χ3v) is 5.89. The Kier molecular flexibility index (Phi) is 5.29. The van der Waals surface area contributed by atoms with Gasteiger partial charge in [0, 0.05) is 34.9 Å². The fourth-order valence-corrected chi connectivity index (χ4v) is 4.11. The summed E-state index contributed by atoms with van der Waals surface area (Å²) in [4.78, 5) is 29.2. The lowest BCUT2D eigenvalue weighted by molar-refractivity contribution is -0.124. The van der Waals surface area contributed by atoms with E-state index in [1.54, 1.807) is 66.7 Å². The van der Waals surface area contributed by atoms with Crippen molar-refractivity contribution in [2.45, 2.75) is 18.7 Å². The van der Waals surface area contributed by atoms with Gasteiger partial charge in [-0.3, -0.25) is 15.1 Å². The van der Waals surface area contributed by atoms with E-state index in [-0.39, 0.29) is 12.4 Å². The van der Waals surface area contributed by atoms with Crippen LogP contribution in [-0.2, 0) is 23.5 Å². The standard InChI is InChI=1S/C25H22N4O5/c1-33-20-7-4-17-13-29(22(30)21(17)11-20)15-25(23(31)27-24(32)28-25)18-5-8-19(9-6-18)34-14-16-3-2-10-26-12-16/h2-13,30H,14-15H2,1H3,(H2,27,28,31,32)/t25-/m0/s1. The Balaban J connectivity index is 1.45. The van der Waals surface area contributed by atoms with Crippen LogP contribution in [0.5, 0.6) is 17.4 Å². The van der Waals surface area contributed by atoms with E-state index >= 15 is 0 Å². The quantitative estimate of drug-likeness (QED) is 0.367. The summed E-state index contributed by atoms with van der Waals surface area (Å²) in [5.41, 5.74) is 0.0758. The number of carbonyl (C=O) groups is 2. The van der Waals surface area contributed by atoms with E-state index in [4.69, 9.17) is 9.47 Å². The molecule has 2 aromatic heterocycles. The normalized spacial score (nSPS) is 17.4. The number of amides is 3. The highest BCUT2D eigenvalue weighted by molar-refractivity contribution is 6.07. The highest BCUT2D eigenvalue weighted by atomic mass is 16.5. The van der Waals surface area contributed by atoms with Gasteiger partial charge in [0.1, 0.15) is 18.1 Å². The minimum Gasteiger partial charge on any atom is -0.497 e. The molecular weight excluding hydrogens is 436 g/mol. The number of fused-ring (bicyclic) bond motifs is 1. The molecule has 0 bridgehead atoms. The van der Waals surface area contributed by atoms with Crippen molar-refractivity contribution in [2.75, 3.05) is 7.11 Å². The summed E-state index contributed by atoms with van der Waals surface area (Å²) >= 11 is 0. The fraction of sp³-hybridized carbons (Fsp3) is 0.160. The largest absolute Gasteiger partial charge is 0.497 e. The Labute approximate surface area is 194 Å². The van der Waals surface area contributed by atoms with Crippen molar-refractivity contribution in [3.63, 3.8) is 0 Å². The number of hydrogen-bond acceptors (Lipinski definition) is 6. The Morgan fingerprint density at radius 1 is 1.09 bits per heavy atom. The van der Waals surface area contributed by atoms with Crippen molar-refractivity contribution in [3.8, 4) is 17.4 Å². The van der Waals surface area contributed by atoms with Gasteiger partial charge in [-0.2, -0.15) is 0 Å². The van der Waals surface area contributed by atoms with E-state index in [1.807, 2.05) is 18.2 Å². The van der Waals surface area contributed by atoms with Crippen molar-refractivity contribution >= 4 is 22.7 Å². The predicted octanol–water partition coefficient (Wildman–Crippen LogP) is 3.06. The summed E-state index contributed by atoms with van der Waals surface area (Å²) in [6.07, 6.45) is 5.15. The van der Waals surface area contributed by atoms with Crippen molar-refractivity contribution in [3.05, 3.63) is 84.3 Å². The number of nitrogens with zero attached hydrogens (tertiary/aromatic N) is 2. The van der Waals surface area contributed by atoms with Gasteiger partial charge >= 0.3 is 6.03 Å². The lowest BCUT2D eigenvalue weighted by atomic mass is 9.89. The smallest absolute Gasteiger partial charge is 0.322 e. The zero-order valence-corrected chi connectivity index (χ0v) is 18.3. The summed E-state index contributed by atoms with van der Waals surface area (Å²) < 4.78 is 12.6. The summed E-state index contributed by atoms with van der Waals surface area (Å²) in [5, 5.41) is 17.3. The average molecular weight is 458 g/mol. The van der Waals surface area contributed by atoms with Gasteiger partial charge in [0.2, 0.25) is 0 Å². The first-order valence-corrected chi connectivity index (χ1v) is 10.6. The average Bonchev–Trinajstić information content (AvgIpc) is 3.33. The topological polar surface area (TPSA) is 115 Å². The van der Waals surface area contributed by atoms with Crippen LogP contribution >= 0.6 is 0 Å². The van der Waals surface area contributed by atoms with E-state index in [1.165, 1.54) is 0 Å². The molecule has 9 nitrogen and oxygen atoms in total. The number of ether oxygens (including phenoxy) is 2. The van der Waals surface area contributed by atoms with Crippen LogP contribution in [0.4, 0.5) is 4.79 Å². The van der Waals surface area contributed by atoms with E-state index in [9.17, 15) is 14.7 Å². The lowest BCUT2D eigenvalue weighted by Crippen LogP contribution is -2.47. The van der Waals surface area contributed by atoms with Crippen molar-refractivity contribution in [1.82, 2.24) is 20.2 Å². The number of benzene rings is 2. The number of nitrogens with one attached hydrogen (secondary N) is 2. The molecule has 4 aromatic rings. The highest BCUT2D eigenvalue weighted by Crippen LogP contribution is 2.35. The number of aromatic hydroxyl groups is 1. The van der Waals surface area contributed by atoms with Gasteiger partial charge in [-0.25, -0.2) is 4.79 Å². The molecule has 0 aliphatic carbocycles. The molecule has 3 heterocycles. The van der Waals surface area contributed by atoms with Crippen molar-refractivity contribution in [2.24, 2.45) is 0 Å². The first-order valence-electron chi connectivity index (χ1n) is 10.6. The SMILES string of the molecule is COc1ccc2cn(C[C@@]3(c4ccc(OCc5cccnc5)cc4)NC(=O)NC3=O)c(O)c2c1. The Hall–Kier alpha value is -4.53. The molecule has 172 valence electrons. The summed E-state index contributed by atoms with van der Waals surface area (Å²) in [6.45, 7) is 0.339. The minimum absolute atomic E-state index is 0.0106. The van der Waals surface area contributed by atoms with Crippen LogP contribution in [0.25, 0.3) is 10.8 Å². The third-order valence-electron chi connectivity index (χ3n) is 5.89. The Bertz CT molecular complexity index is 1370. The molecule has 1 fully saturated rings. The maximum absolute atomic E-state index is 13.0. The number of methoxy groups -OCH3 is 1. The Morgan fingerprint density at radius 3 is 2.56 bits per heavy atom. The molecule has 1 aliphatic rings. The van der Waals surface area contributed by atoms with Crippen LogP contribution < -0.4 is 20.1 Å². The lowest BCUT2D eigenvalue weighted by Gasteiger charge is -2.27. The van der Waals surface area contributed by atoms with Crippen molar-refractivity contribution in [1.29, 1.82) is 0 Å². The molecule has 0 spiro atoms. The summed E-state index contributed by atoms with van der Waals surface area (Å²) in [5.74, 6) is 0.674. The number of hydrogen-bond donors (Lipinski definition) is 3. The molecule has 5 rings (SSSR count). The maximum Gasteiger partial charge on any atom is 0.322 e. The first kappa shape index (κ1) is 21.3. The van der Waals surface area contributed by atoms with Gasteiger partial charge in [-0.05, 0) is 42.0 Å². The van der Waals surface area contributed by atoms with Crippen LogP contribution in [0.3, 0.4) is 0 Å². The minimum atomic E-state index is -1.41. The molecule has 9 heteroatoms. The van der Waals surface area contributed by atoms with Gasteiger partial charge in [0.05, 0.1) is 13.7 Å². The van der Waals surface area contributed by atoms with Gasteiger partial charge < -0.3 is 24.5 Å². The molecule has 34 heavy (non-hydrogen) atoms. The third kappa shape index (κ3) is 3.77. The van der Waals surface area contributed by atoms with E-state index in [2.05, 4.69) is 15.6 Å². The molecule has 1 aliphatic heterocycles. The zero-order chi connectivity index (χ0) is 23.7. The monoisotopic (exact) mass is 458 g/mol. The number of aromatic nitrogens is 2. The predicted molar refractivity (Wildman–Crippen MR) is 124 cm³/mol. The van der Waals surface area contributed by atoms with Crippen molar-refractivity contribution < 1.29 is 24.2 Å². The van der Waals surface area contributed by atoms with Crippen LogP contribution in [-0.4, -0.2) is 33.7 Å². The zero-order valence-electron chi connectivity index (χ0n) is 18.3. The molecule has 3 amide bonds.